The highest BCUT2D eigenvalue weighted by Gasteiger charge is 2.24. The van der Waals surface area contributed by atoms with E-state index in [9.17, 15) is 13.6 Å². The third kappa shape index (κ3) is 1.81. The van der Waals surface area contributed by atoms with E-state index in [4.69, 9.17) is 0 Å². The van der Waals surface area contributed by atoms with Crippen molar-refractivity contribution in [3.63, 3.8) is 0 Å². The molecule has 0 unspecified atom stereocenters. The molecule has 2 amide bonds. The molecule has 14 heavy (non-hydrogen) atoms. The monoisotopic (exact) mass is 198 g/mol. The lowest BCUT2D eigenvalue weighted by atomic mass is 10.3. The number of amides is 2. The second kappa shape index (κ2) is 3.25. The number of nitrogens with zero attached hydrogens (tertiary/aromatic N) is 1. The van der Waals surface area contributed by atoms with Crippen LogP contribution < -0.4 is 5.32 Å². The summed E-state index contributed by atoms with van der Waals surface area (Å²) < 4.78 is 25.5. The van der Waals surface area contributed by atoms with Crippen LogP contribution in [0.25, 0.3) is 0 Å². The van der Waals surface area contributed by atoms with Crippen molar-refractivity contribution in [1.29, 1.82) is 0 Å². The molecule has 0 saturated carbocycles. The molecule has 1 heterocycles. The van der Waals surface area contributed by atoms with E-state index in [0.29, 0.717) is 13.1 Å². The molecule has 0 aromatic heterocycles. The highest BCUT2D eigenvalue weighted by atomic mass is 19.1. The van der Waals surface area contributed by atoms with Crippen LogP contribution in [0.15, 0.2) is 18.2 Å². The van der Waals surface area contributed by atoms with Gasteiger partial charge < -0.3 is 10.2 Å². The number of rotatable bonds is 1. The summed E-state index contributed by atoms with van der Waals surface area (Å²) in [5.41, 5.74) is 0.00306. The quantitative estimate of drug-likeness (QED) is 0.686. The van der Waals surface area contributed by atoms with E-state index in [0.717, 1.165) is 12.1 Å². The second-order valence-corrected chi connectivity index (χ2v) is 3.04. The molecule has 0 bridgehead atoms. The van der Waals surface area contributed by atoms with Crippen LogP contribution in [-0.4, -0.2) is 24.0 Å². The second-order valence-electron chi connectivity index (χ2n) is 3.04. The Balaban J connectivity index is 2.11. The van der Waals surface area contributed by atoms with E-state index < -0.39 is 11.6 Å². The molecule has 0 aliphatic carbocycles. The van der Waals surface area contributed by atoms with Crippen LogP contribution in [0.1, 0.15) is 0 Å². The van der Waals surface area contributed by atoms with Crippen LogP contribution in [-0.2, 0) is 0 Å². The van der Waals surface area contributed by atoms with Gasteiger partial charge in [-0.15, -0.1) is 0 Å². The molecule has 0 radical (unpaired) electrons. The van der Waals surface area contributed by atoms with Crippen molar-refractivity contribution in [2.75, 3.05) is 18.4 Å². The predicted molar refractivity (Wildman–Crippen MR) is 46.9 cm³/mol. The minimum Gasteiger partial charge on any atom is -0.321 e. The summed E-state index contributed by atoms with van der Waals surface area (Å²) in [5, 5.41) is 2.34. The first-order chi connectivity index (χ1) is 6.66. The van der Waals surface area contributed by atoms with Crippen LogP contribution in [0.4, 0.5) is 19.3 Å². The van der Waals surface area contributed by atoms with E-state index in [1.807, 2.05) is 0 Å². The van der Waals surface area contributed by atoms with E-state index >= 15 is 0 Å². The Morgan fingerprint density at radius 2 is 2.07 bits per heavy atom. The third-order valence-corrected chi connectivity index (χ3v) is 1.91. The van der Waals surface area contributed by atoms with Crippen LogP contribution in [0, 0.1) is 11.6 Å². The Hall–Kier alpha value is -1.65. The molecule has 1 aliphatic heterocycles. The molecule has 0 atom stereocenters. The minimum atomic E-state index is -0.764. The Bertz CT molecular complexity index is 377. The van der Waals surface area contributed by atoms with Crippen molar-refractivity contribution >= 4 is 11.7 Å². The van der Waals surface area contributed by atoms with Gasteiger partial charge in [0.2, 0.25) is 0 Å². The number of urea groups is 1. The highest BCUT2D eigenvalue weighted by Crippen LogP contribution is 2.16. The summed E-state index contributed by atoms with van der Waals surface area (Å²) in [5.74, 6) is -1.42. The summed E-state index contributed by atoms with van der Waals surface area (Å²) >= 11 is 0. The predicted octanol–water partition coefficient (Wildman–Crippen LogP) is 1.81. The van der Waals surface area contributed by atoms with Crippen molar-refractivity contribution < 1.29 is 13.6 Å². The summed E-state index contributed by atoms with van der Waals surface area (Å²) in [6, 6.07) is 2.68. The maximum Gasteiger partial charge on any atom is 0.322 e. The Morgan fingerprint density at radius 1 is 1.36 bits per heavy atom. The minimum absolute atomic E-state index is 0.00306. The van der Waals surface area contributed by atoms with Crippen LogP contribution >= 0.6 is 0 Å². The Morgan fingerprint density at radius 3 is 2.64 bits per heavy atom. The average Bonchev–Trinajstić information content (AvgIpc) is 2.92. The maximum absolute atomic E-state index is 13.0. The van der Waals surface area contributed by atoms with Gasteiger partial charge in [-0.25, -0.2) is 13.6 Å². The van der Waals surface area contributed by atoms with Crippen molar-refractivity contribution in [2.24, 2.45) is 0 Å². The first kappa shape index (κ1) is 8.93. The molecule has 1 fully saturated rings. The number of nitrogens with one attached hydrogen (secondary N) is 1. The van der Waals surface area contributed by atoms with Crippen molar-refractivity contribution in [3.05, 3.63) is 29.8 Å². The van der Waals surface area contributed by atoms with Gasteiger partial charge in [-0.2, -0.15) is 0 Å². The number of carbonyl (C=O) groups excluding carboxylic acids is 1. The smallest absolute Gasteiger partial charge is 0.321 e. The standard InChI is InChI=1S/C9H8F2N2O/c10-6-1-2-8(7(11)5-6)12-9(14)13-3-4-13/h1-2,5H,3-4H2,(H,12,14). The van der Waals surface area contributed by atoms with E-state index in [-0.39, 0.29) is 11.7 Å². The van der Waals surface area contributed by atoms with Gasteiger partial charge in [-0.05, 0) is 12.1 Å². The van der Waals surface area contributed by atoms with Crippen LogP contribution in [0.2, 0.25) is 0 Å². The summed E-state index contributed by atoms with van der Waals surface area (Å²) in [4.78, 5) is 12.7. The number of halogens is 2. The van der Waals surface area contributed by atoms with Gasteiger partial charge in [0, 0.05) is 19.2 Å². The van der Waals surface area contributed by atoms with E-state index in [1.165, 1.54) is 11.0 Å². The summed E-state index contributed by atoms with van der Waals surface area (Å²) in [6.45, 7) is 1.38. The molecule has 1 N–H and O–H groups in total. The SMILES string of the molecule is O=C(Nc1ccc(F)cc1F)N1CC1. The molecule has 2 rings (SSSR count). The normalized spacial score (nSPS) is 14.0. The fourth-order valence-electron chi connectivity index (χ4n) is 1.04. The van der Waals surface area contributed by atoms with Gasteiger partial charge in [-0.3, -0.25) is 0 Å². The first-order valence-corrected chi connectivity index (χ1v) is 4.18. The van der Waals surface area contributed by atoms with E-state index in [1.54, 1.807) is 0 Å². The molecule has 74 valence electrons. The topological polar surface area (TPSA) is 32.1 Å². The number of hydrogen-bond donors (Lipinski definition) is 1. The zero-order valence-electron chi connectivity index (χ0n) is 7.26. The average molecular weight is 198 g/mol. The van der Waals surface area contributed by atoms with Crippen LogP contribution in [0.5, 0.6) is 0 Å². The van der Waals surface area contributed by atoms with Gasteiger partial charge in [0.25, 0.3) is 0 Å². The zero-order valence-corrected chi connectivity index (χ0v) is 7.26. The molecular formula is C9H8F2N2O. The fraction of sp³-hybridized carbons (Fsp3) is 0.222. The molecular weight excluding hydrogens is 190 g/mol. The molecule has 1 aromatic carbocycles. The van der Waals surface area contributed by atoms with Crippen molar-refractivity contribution in [1.82, 2.24) is 4.90 Å². The fourth-order valence-corrected chi connectivity index (χ4v) is 1.04. The van der Waals surface area contributed by atoms with Gasteiger partial charge in [0.05, 0.1) is 5.69 Å². The Labute approximate surface area is 79.3 Å². The molecule has 3 nitrogen and oxygen atoms in total. The van der Waals surface area contributed by atoms with E-state index in [2.05, 4.69) is 5.32 Å². The molecule has 1 aromatic rings. The number of anilines is 1. The number of hydrogen-bond acceptors (Lipinski definition) is 1. The van der Waals surface area contributed by atoms with Gasteiger partial charge >= 0.3 is 6.03 Å². The highest BCUT2D eigenvalue weighted by molar-refractivity contribution is 5.90. The zero-order chi connectivity index (χ0) is 10.1. The van der Waals surface area contributed by atoms with Gasteiger partial charge in [0.15, 0.2) is 0 Å². The van der Waals surface area contributed by atoms with Crippen LogP contribution in [0.3, 0.4) is 0 Å². The molecule has 1 saturated heterocycles. The molecule has 1 aliphatic rings. The van der Waals surface area contributed by atoms with Crippen molar-refractivity contribution in [3.8, 4) is 0 Å². The Kier molecular flexibility index (Phi) is 2.07. The molecule has 5 heteroatoms. The number of benzene rings is 1. The summed E-state index contributed by atoms with van der Waals surface area (Å²) in [7, 11) is 0. The first-order valence-electron chi connectivity index (χ1n) is 4.18. The third-order valence-electron chi connectivity index (χ3n) is 1.91. The van der Waals surface area contributed by atoms with Gasteiger partial charge in [-0.1, -0.05) is 0 Å². The number of carbonyl (C=O) groups is 1. The van der Waals surface area contributed by atoms with Gasteiger partial charge in [0.1, 0.15) is 11.6 Å². The lowest BCUT2D eigenvalue weighted by Gasteiger charge is -2.06. The maximum atomic E-state index is 13.0. The molecule has 0 spiro atoms. The largest absolute Gasteiger partial charge is 0.322 e. The van der Waals surface area contributed by atoms with Crippen molar-refractivity contribution in [2.45, 2.75) is 0 Å². The summed E-state index contributed by atoms with van der Waals surface area (Å²) in [6.07, 6.45) is 0. The lowest BCUT2D eigenvalue weighted by Crippen LogP contribution is -2.19. The lowest BCUT2D eigenvalue weighted by molar-refractivity contribution is 0.242.